The van der Waals surface area contributed by atoms with Crippen LogP contribution in [0.1, 0.15) is 31.4 Å². The third-order valence-electron chi connectivity index (χ3n) is 4.56. The fourth-order valence-corrected chi connectivity index (χ4v) is 4.29. The number of amides is 1. The van der Waals surface area contributed by atoms with Crippen molar-refractivity contribution in [2.24, 2.45) is 0 Å². The number of aryl methyl sites for hydroxylation is 1. The Morgan fingerprint density at radius 1 is 0.964 bits per heavy atom. The Balaban J connectivity index is 1.86. The molecule has 0 saturated heterocycles. The molecular formula is C21H28N2O4S. The number of hydrogen-bond acceptors (Lipinski definition) is 4. The van der Waals surface area contributed by atoms with E-state index in [2.05, 4.69) is 5.32 Å². The maximum Gasteiger partial charge on any atom is 0.243 e. The summed E-state index contributed by atoms with van der Waals surface area (Å²) in [6, 6.07) is 14.3. The molecule has 0 radical (unpaired) electrons. The number of sulfonamides is 1. The quantitative estimate of drug-likeness (QED) is 0.661. The second kappa shape index (κ2) is 10.2. The van der Waals surface area contributed by atoms with Crippen LogP contribution in [0.3, 0.4) is 0 Å². The SMILES string of the molecule is CCN(CC)S(=O)(=O)c1ccc(CNC(=O)CCc2ccc(OC)cc2)cc1. The number of benzene rings is 2. The number of methoxy groups -OCH3 is 1. The zero-order valence-electron chi connectivity index (χ0n) is 16.6. The summed E-state index contributed by atoms with van der Waals surface area (Å²) >= 11 is 0. The van der Waals surface area contributed by atoms with Gasteiger partial charge in [0.25, 0.3) is 0 Å². The van der Waals surface area contributed by atoms with Crippen LogP contribution in [0.2, 0.25) is 0 Å². The Kier molecular flexibility index (Phi) is 8.02. The molecule has 0 bridgehead atoms. The maximum atomic E-state index is 12.5. The summed E-state index contributed by atoms with van der Waals surface area (Å²) in [6.45, 7) is 4.87. The molecule has 0 unspecified atom stereocenters. The summed E-state index contributed by atoms with van der Waals surface area (Å²) in [5.41, 5.74) is 1.93. The molecule has 152 valence electrons. The molecular weight excluding hydrogens is 376 g/mol. The first-order valence-corrected chi connectivity index (χ1v) is 10.8. The van der Waals surface area contributed by atoms with Gasteiger partial charge in [-0.3, -0.25) is 4.79 Å². The van der Waals surface area contributed by atoms with Gasteiger partial charge in [-0.05, 0) is 41.8 Å². The number of nitrogens with zero attached hydrogens (tertiary/aromatic N) is 1. The van der Waals surface area contributed by atoms with E-state index in [9.17, 15) is 13.2 Å². The Morgan fingerprint density at radius 2 is 1.54 bits per heavy atom. The predicted octanol–water partition coefficient (Wildman–Crippen LogP) is 2.97. The lowest BCUT2D eigenvalue weighted by molar-refractivity contribution is -0.121. The fraction of sp³-hybridized carbons (Fsp3) is 0.381. The van der Waals surface area contributed by atoms with Crippen molar-refractivity contribution < 1.29 is 17.9 Å². The molecule has 0 saturated carbocycles. The number of carbonyl (C=O) groups is 1. The number of ether oxygens (including phenoxy) is 1. The van der Waals surface area contributed by atoms with Gasteiger partial charge in [0.1, 0.15) is 5.75 Å². The highest BCUT2D eigenvalue weighted by Crippen LogP contribution is 2.16. The summed E-state index contributed by atoms with van der Waals surface area (Å²) in [7, 11) is -1.84. The summed E-state index contributed by atoms with van der Waals surface area (Å²) < 4.78 is 31.5. The fourth-order valence-electron chi connectivity index (χ4n) is 2.83. The van der Waals surface area contributed by atoms with Gasteiger partial charge in [0.2, 0.25) is 15.9 Å². The molecule has 2 aromatic rings. The van der Waals surface area contributed by atoms with Crippen molar-refractivity contribution in [3.8, 4) is 5.75 Å². The van der Waals surface area contributed by atoms with Crippen LogP contribution in [0.15, 0.2) is 53.4 Å². The van der Waals surface area contributed by atoms with E-state index in [-0.39, 0.29) is 10.8 Å². The predicted molar refractivity (Wildman–Crippen MR) is 110 cm³/mol. The van der Waals surface area contributed by atoms with Crippen LogP contribution >= 0.6 is 0 Å². The molecule has 1 amide bonds. The monoisotopic (exact) mass is 404 g/mol. The van der Waals surface area contributed by atoms with Gasteiger partial charge < -0.3 is 10.1 Å². The van der Waals surface area contributed by atoms with Gasteiger partial charge >= 0.3 is 0 Å². The second-order valence-corrected chi connectivity index (χ2v) is 8.30. The van der Waals surface area contributed by atoms with Crippen molar-refractivity contribution in [3.63, 3.8) is 0 Å². The van der Waals surface area contributed by atoms with Gasteiger partial charge in [0, 0.05) is 26.1 Å². The van der Waals surface area contributed by atoms with Crippen molar-refractivity contribution >= 4 is 15.9 Å². The molecule has 0 spiro atoms. The van der Waals surface area contributed by atoms with Crippen molar-refractivity contribution in [2.75, 3.05) is 20.2 Å². The average molecular weight is 405 g/mol. The van der Waals surface area contributed by atoms with E-state index in [1.807, 2.05) is 38.1 Å². The first-order valence-electron chi connectivity index (χ1n) is 9.39. The molecule has 0 atom stereocenters. The first kappa shape index (κ1) is 21.9. The second-order valence-electron chi connectivity index (χ2n) is 6.36. The van der Waals surface area contributed by atoms with Crippen molar-refractivity contribution in [1.82, 2.24) is 9.62 Å². The zero-order valence-corrected chi connectivity index (χ0v) is 17.5. The van der Waals surface area contributed by atoms with E-state index in [1.165, 1.54) is 4.31 Å². The van der Waals surface area contributed by atoms with Gasteiger partial charge in [-0.2, -0.15) is 4.31 Å². The highest BCUT2D eigenvalue weighted by molar-refractivity contribution is 7.89. The van der Waals surface area contributed by atoms with Crippen molar-refractivity contribution in [2.45, 2.75) is 38.1 Å². The van der Waals surface area contributed by atoms with Crippen LogP contribution < -0.4 is 10.1 Å². The number of hydrogen-bond donors (Lipinski definition) is 1. The van der Waals surface area contributed by atoms with Crippen LogP contribution in [0.4, 0.5) is 0 Å². The molecule has 2 rings (SSSR count). The van der Waals surface area contributed by atoms with Crippen LogP contribution in [0.5, 0.6) is 5.75 Å². The Bertz CT molecular complexity index is 858. The van der Waals surface area contributed by atoms with Gasteiger partial charge in [0.05, 0.1) is 12.0 Å². The molecule has 0 aliphatic rings. The molecule has 2 aromatic carbocycles. The molecule has 7 heteroatoms. The first-order chi connectivity index (χ1) is 13.4. The third kappa shape index (κ3) is 5.81. The lowest BCUT2D eigenvalue weighted by atomic mass is 10.1. The molecule has 0 heterocycles. The Morgan fingerprint density at radius 3 is 2.07 bits per heavy atom. The number of carbonyl (C=O) groups excluding carboxylic acids is 1. The lowest BCUT2D eigenvalue weighted by Crippen LogP contribution is -2.30. The number of rotatable bonds is 10. The van der Waals surface area contributed by atoms with E-state index in [4.69, 9.17) is 4.74 Å². The van der Waals surface area contributed by atoms with E-state index < -0.39 is 10.0 Å². The summed E-state index contributed by atoms with van der Waals surface area (Å²) in [5, 5.41) is 2.87. The molecule has 0 aliphatic carbocycles. The largest absolute Gasteiger partial charge is 0.497 e. The molecule has 6 nitrogen and oxygen atoms in total. The van der Waals surface area contributed by atoms with Gasteiger partial charge in [-0.15, -0.1) is 0 Å². The van der Waals surface area contributed by atoms with E-state index in [1.54, 1.807) is 31.4 Å². The zero-order chi connectivity index (χ0) is 20.6. The van der Waals surface area contributed by atoms with Crippen LogP contribution in [-0.2, 0) is 27.8 Å². The van der Waals surface area contributed by atoms with E-state index in [0.29, 0.717) is 32.5 Å². The summed E-state index contributed by atoms with van der Waals surface area (Å²) in [5.74, 6) is 0.746. The molecule has 0 aromatic heterocycles. The minimum absolute atomic E-state index is 0.0457. The minimum Gasteiger partial charge on any atom is -0.497 e. The topological polar surface area (TPSA) is 75.7 Å². The van der Waals surface area contributed by atoms with Crippen LogP contribution in [0.25, 0.3) is 0 Å². The van der Waals surface area contributed by atoms with Crippen LogP contribution in [-0.4, -0.2) is 38.8 Å². The molecule has 0 fully saturated rings. The van der Waals surface area contributed by atoms with Crippen LogP contribution in [0, 0.1) is 0 Å². The van der Waals surface area contributed by atoms with E-state index >= 15 is 0 Å². The van der Waals surface area contributed by atoms with Crippen molar-refractivity contribution in [3.05, 3.63) is 59.7 Å². The minimum atomic E-state index is -3.46. The van der Waals surface area contributed by atoms with Crippen molar-refractivity contribution in [1.29, 1.82) is 0 Å². The van der Waals surface area contributed by atoms with Gasteiger partial charge in [-0.1, -0.05) is 38.1 Å². The van der Waals surface area contributed by atoms with Gasteiger partial charge in [-0.25, -0.2) is 8.42 Å². The number of nitrogens with one attached hydrogen (secondary N) is 1. The smallest absolute Gasteiger partial charge is 0.243 e. The highest BCUT2D eigenvalue weighted by atomic mass is 32.2. The normalized spacial score (nSPS) is 11.4. The Labute approximate surface area is 167 Å². The summed E-state index contributed by atoms with van der Waals surface area (Å²) in [4.78, 5) is 12.3. The standard InChI is InChI=1S/C21H28N2O4S/c1-4-23(5-2)28(25,26)20-13-8-18(9-14-20)16-22-21(24)15-10-17-6-11-19(27-3)12-7-17/h6-9,11-14H,4-5,10,15-16H2,1-3H3,(H,22,24). The maximum absolute atomic E-state index is 12.5. The summed E-state index contributed by atoms with van der Waals surface area (Å²) in [6.07, 6.45) is 1.04. The molecule has 28 heavy (non-hydrogen) atoms. The molecule has 0 aliphatic heterocycles. The lowest BCUT2D eigenvalue weighted by Gasteiger charge is -2.18. The third-order valence-corrected chi connectivity index (χ3v) is 6.62. The van der Waals surface area contributed by atoms with Gasteiger partial charge in [0.15, 0.2) is 0 Å². The van der Waals surface area contributed by atoms with E-state index in [0.717, 1.165) is 16.9 Å². The highest BCUT2D eigenvalue weighted by Gasteiger charge is 2.21. The molecule has 1 N–H and O–H groups in total. The average Bonchev–Trinajstić information content (AvgIpc) is 2.72. The Hall–Kier alpha value is -2.38.